The number of hydrogen-bond acceptors (Lipinski definition) is 2. The Hall–Kier alpha value is -1.64. The predicted octanol–water partition coefficient (Wildman–Crippen LogP) is 3.96. The topological polar surface area (TPSA) is 32.3 Å². The van der Waals surface area contributed by atoms with Crippen LogP contribution in [-0.4, -0.2) is 23.3 Å². The summed E-state index contributed by atoms with van der Waals surface area (Å²) in [7, 11) is 0. The van der Waals surface area contributed by atoms with E-state index >= 15 is 0 Å². The summed E-state index contributed by atoms with van der Waals surface area (Å²) in [6, 6.07) is 21.8. The van der Waals surface area contributed by atoms with Crippen molar-refractivity contribution < 1.29 is 5.11 Å². The van der Waals surface area contributed by atoms with Crippen LogP contribution in [0, 0.1) is 5.92 Å². The molecule has 0 amide bonds. The molecule has 2 nitrogen and oxygen atoms in total. The first-order chi connectivity index (χ1) is 11.1. The van der Waals surface area contributed by atoms with Gasteiger partial charge in [-0.05, 0) is 43.7 Å². The molecule has 2 N–H and O–H groups in total. The summed E-state index contributed by atoms with van der Waals surface area (Å²) in [4.78, 5) is 0. The fraction of sp³-hybridized carbons (Fsp3) is 0.429. The zero-order valence-corrected chi connectivity index (χ0v) is 14.1. The third-order valence-electron chi connectivity index (χ3n) is 5.05. The molecule has 2 atom stereocenters. The molecule has 0 spiro atoms. The van der Waals surface area contributed by atoms with Gasteiger partial charge in [-0.3, -0.25) is 0 Å². The van der Waals surface area contributed by atoms with Gasteiger partial charge < -0.3 is 10.4 Å². The quantitative estimate of drug-likeness (QED) is 0.876. The third kappa shape index (κ3) is 3.82. The number of nitrogens with one attached hydrogen (secondary N) is 1. The van der Waals surface area contributed by atoms with E-state index in [1.54, 1.807) is 0 Å². The minimum absolute atomic E-state index is 0.107. The average Bonchev–Trinajstić information content (AvgIpc) is 2.88. The second-order valence-corrected chi connectivity index (χ2v) is 7.39. The fourth-order valence-electron chi connectivity index (χ4n) is 4.01. The summed E-state index contributed by atoms with van der Waals surface area (Å²) in [5.74, 6) is 0.692. The number of rotatable bonds is 5. The van der Waals surface area contributed by atoms with Gasteiger partial charge in [0.15, 0.2) is 0 Å². The molecule has 2 heteroatoms. The van der Waals surface area contributed by atoms with Crippen LogP contribution in [0.4, 0.5) is 0 Å². The zero-order chi connectivity index (χ0) is 16.3. The van der Waals surface area contributed by atoms with Gasteiger partial charge in [-0.1, -0.05) is 60.7 Å². The Balaban J connectivity index is 1.88. The first kappa shape index (κ1) is 16.2. The monoisotopic (exact) mass is 309 g/mol. The molecule has 0 aromatic heterocycles. The lowest BCUT2D eigenvalue weighted by Gasteiger charge is -2.26. The number of aliphatic hydroxyl groups excluding tert-OH is 1. The summed E-state index contributed by atoms with van der Waals surface area (Å²) in [6.45, 7) is 4.72. The standard InChI is InChI=1S/C21H27NO/c1-21(2)14-18(15-23)20(22-21)13-19(16-9-5-3-6-10-16)17-11-7-4-8-12-17/h3-12,18-20,22-23H,13-15H2,1-2H3. The highest BCUT2D eigenvalue weighted by atomic mass is 16.3. The van der Waals surface area contributed by atoms with Crippen LogP contribution < -0.4 is 5.32 Å². The molecule has 0 aliphatic carbocycles. The lowest BCUT2D eigenvalue weighted by Crippen LogP contribution is -2.39. The van der Waals surface area contributed by atoms with Crippen molar-refractivity contribution in [3.05, 3.63) is 71.8 Å². The molecule has 1 heterocycles. The largest absolute Gasteiger partial charge is 0.396 e. The van der Waals surface area contributed by atoms with Gasteiger partial charge >= 0.3 is 0 Å². The Labute approximate surface area is 139 Å². The zero-order valence-electron chi connectivity index (χ0n) is 14.1. The maximum Gasteiger partial charge on any atom is 0.0474 e. The van der Waals surface area contributed by atoms with Gasteiger partial charge in [-0.15, -0.1) is 0 Å². The van der Waals surface area contributed by atoms with Gasteiger partial charge in [0.2, 0.25) is 0 Å². The predicted molar refractivity (Wildman–Crippen MR) is 95.5 cm³/mol. The Morgan fingerprint density at radius 1 is 1.00 bits per heavy atom. The highest BCUT2D eigenvalue weighted by Gasteiger charge is 2.39. The van der Waals surface area contributed by atoms with Crippen LogP contribution in [0.3, 0.4) is 0 Å². The summed E-state index contributed by atoms with van der Waals surface area (Å²) < 4.78 is 0. The van der Waals surface area contributed by atoms with Crippen LogP contribution in [0.15, 0.2) is 60.7 Å². The molecular formula is C21H27NO. The van der Waals surface area contributed by atoms with Crippen molar-refractivity contribution in [2.75, 3.05) is 6.61 Å². The Kier molecular flexibility index (Phi) is 4.84. The van der Waals surface area contributed by atoms with Crippen molar-refractivity contribution in [3.63, 3.8) is 0 Å². The van der Waals surface area contributed by atoms with E-state index in [0.29, 0.717) is 17.9 Å². The highest BCUT2D eigenvalue weighted by Crippen LogP contribution is 2.36. The lowest BCUT2D eigenvalue weighted by atomic mass is 9.83. The normalized spacial score (nSPS) is 23.3. The van der Waals surface area contributed by atoms with Crippen molar-refractivity contribution in [3.8, 4) is 0 Å². The Bertz CT molecular complexity index is 569. The number of aliphatic hydroxyl groups is 1. The molecule has 2 aromatic rings. The van der Waals surface area contributed by atoms with E-state index in [9.17, 15) is 5.11 Å². The summed E-state index contributed by atoms with van der Waals surface area (Å²) in [6.07, 6.45) is 2.05. The summed E-state index contributed by atoms with van der Waals surface area (Å²) in [5, 5.41) is 13.5. The molecule has 2 unspecified atom stereocenters. The molecule has 0 bridgehead atoms. The molecule has 1 aliphatic rings. The van der Waals surface area contributed by atoms with E-state index in [-0.39, 0.29) is 12.1 Å². The van der Waals surface area contributed by atoms with E-state index in [1.807, 2.05) is 0 Å². The molecule has 2 aromatic carbocycles. The van der Waals surface area contributed by atoms with Crippen LogP contribution in [0.1, 0.15) is 43.7 Å². The summed E-state index contributed by atoms with van der Waals surface area (Å²) >= 11 is 0. The Morgan fingerprint density at radius 3 is 2.00 bits per heavy atom. The van der Waals surface area contributed by atoms with Gasteiger partial charge in [-0.2, -0.15) is 0 Å². The number of hydrogen-bond donors (Lipinski definition) is 2. The minimum atomic E-state index is 0.107. The fourth-order valence-corrected chi connectivity index (χ4v) is 4.01. The van der Waals surface area contributed by atoms with Gasteiger partial charge in [0, 0.05) is 24.1 Å². The smallest absolute Gasteiger partial charge is 0.0474 e. The molecule has 0 radical (unpaired) electrons. The van der Waals surface area contributed by atoms with E-state index in [4.69, 9.17) is 0 Å². The van der Waals surface area contributed by atoms with E-state index in [1.165, 1.54) is 11.1 Å². The molecule has 1 fully saturated rings. The van der Waals surface area contributed by atoms with E-state index in [2.05, 4.69) is 79.8 Å². The van der Waals surface area contributed by atoms with Crippen LogP contribution in [0.5, 0.6) is 0 Å². The van der Waals surface area contributed by atoms with Crippen molar-refractivity contribution in [1.82, 2.24) is 5.32 Å². The first-order valence-corrected chi connectivity index (χ1v) is 8.57. The third-order valence-corrected chi connectivity index (χ3v) is 5.05. The highest BCUT2D eigenvalue weighted by molar-refractivity contribution is 5.32. The van der Waals surface area contributed by atoms with Crippen LogP contribution >= 0.6 is 0 Å². The SMILES string of the molecule is CC1(C)CC(CO)C(CC(c2ccccc2)c2ccccc2)N1. The first-order valence-electron chi connectivity index (χ1n) is 8.57. The molecule has 122 valence electrons. The van der Waals surface area contributed by atoms with Crippen molar-refractivity contribution in [2.24, 2.45) is 5.92 Å². The molecule has 3 rings (SSSR count). The van der Waals surface area contributed by atoms with Gasteiger partial charge in [0.1, 0.15) is 0 Å². The van der Waals surface area contributed by atoms with Gasteiger partial charge in [0.05, 0.1) is 0 Å². The average molecular weight is 309 g/mol. The van der Waals surface area contributed by atoms with Gasteiger partial charge in [-0.25, -0.2) is 0 Å². The second-order valence-electron chi connectivity index (χ2n) is 7.39. The lowest BCUT2D eigenvalue weighted by molar-refractivity contribution is 0.207. The van der Waals surface area contributed by atoms with Gasteiger partial charge in [0.25, 0.3) is 0 Å². The molecule has 1 saturated heterocycles. The molecule has 23 heavy (non-hydrogen) atoms. The summed E-state index contributed by atoms with van der Waals surface area (Å²) in [5.41, 5.74) is 2.81. The molecule has 0 saturated carbocycles. The van der Waals surface area contributed by atoms with Crippen molar-refractivity contribution in [1.29, 1.82) is 0 Å². The van der Waals surface area contributed by atoms with Crippen molar-refractivity contribution in [2.45, 2.75) is 44.2 Å². The molecule has 1 aliphatic heterocycles. The van der Waals surface area contributed by atoms with E-state index < -0.39 is 0 Å². The van der Waals surface area contributed by atoms with E-state index in [0.717, 1.165) is 12.8 Å². The van der Waals surface area contributed by atoms with Crippen LogP contribution in [0.2, 0.25) is 0 Å². The van der Waals surface area contributed by atoms with Crippen LogP contribution in [-0.2, 0) is 0 Å². The maximum absolute atomic E-state index is 9.78. The second kappa shape index (κ2) is 6.86. The Morgan fingerprint density at radius 2 is 1.52 bits per heavy atom. The number of benzene rings is 2. The molecular weight excluding hydrogens is 282 g/mol. The minimum Gasteiger partial charge on any atom is -0.396 e. The van der Waals surface area contributed by atoms with Crippen LogP contribution in [0.25, 0.3) is 0 Å². The van der Waals surface area contributed by atoms with Crippen molar-refractivity contribution >= 4 is 0 Å². The maximum atomic E-state index is 9.78.